The van der Waals surface area contributed by atoms with Gasteiger partial charge in [0.1, 0.15) is 4.64 Å². The number of hydrogen-bond acceptors (Lipinski definition) is 2. The van der Waals surface area contributed by atoms with Crippen molar-refractivity contribution >= 4 is 18.2 Å². The summed E-state index contributed by atoms with van der Waals surface area (Å²) in [5.74, 6) is -0.680. The van der Waals surface area contributed by atoms with E-state index in [9.17, 15) is 4.79 Å². The van der Waals surface area contributed by atoms with Crippen molar-refractivity contribution in [2.75, 3.05) is 0 Å². The van der Waals surface area contributed by atoms with Crippen molar-refractivity contribution in [3.8, 4) is 0 Å². The van der Waals surface area contributed by atoms with Crippen LogP contribution in [0.3, 0.4) is 0 Å². The Morgan fingerprint density at radius 1 is 1.05 bits per heavy atom. The zero-order valence-electron chi connectivity index (χ0n) is 11.4. The average Bonchev–Trinajstić information content (AvgIpc) is 2.36. The molecule has 3 nitrogen and oxygen atoms in total. The molecule has 0 aliphatic rings. The maximum absolute atomic E-state index is 10.3. The van der Waals surface area contributed by atoms with E-state index in [0.717, 1.165) is 30.3 Å². The molecule has 19 heavy (non-hydrogen) atoms. The van der Waals surface area contributed by atoms with Gasteiger partial charge in [-0.25, -0.2) is 0 Å². The van der Waals surface area contributed by atoms with Gasteiger partial charge in [0, 0.05) is 12.1 Å². The van der Waals surface area contributed by atoms with Gasteiger partial charge in [0.15, 0.2) is 0 Å². The van der Waals surface area contributed by atoms with Crippen LogP contribution in [0.1, 0.15) is 57.1 Å². The highest BCUT2D eigenvalue weighted by atomic mass is 32.1. The lowest BCUT2D eigenvalue weighted by molar-refractivity contribution is -0.137. The van der Waals surface area contributed by atoms with Crippen molar-refractivity contribution < 1.29 is 9.90 Å². The Morgan fingerprint density at radius 2 is 1.68 bits per heavy atom. The van der Waals surface area contributed by atoms with E-state index in [1.165, 1.54) is 31.4 Å². The van der Waals surface area contributed by atoms with Crippen LogP contribution >= 0.6 is 12.2 Å². The molecule has 0 fully saturated rings. The van der Waals surface area contributed by atoms with E-state index in [2.05, 4.69) is 11.1 Å². The number of unbranched alkanes of at least 4 members (excludes halogenated alkanes) is 6. The summed E-state index contributed by atoms with van der Waals surface area (Å²) >= 11 is 5.08. The Kier molecular flexibility index (Phi) is 8.14. The van der Waals surface area contributed by atoms with Crippen molar-refractivity contribution in [3.63, 3.8) is 0 Å². The Hall–Kier alpha value is -1.16. The standard InChI is InChI=1S/C15H23NO2S/c17-15(18)12-7-5-3-1-2-4-6-9-13-10-8-11-14(19)16-13/h8,10-11H,1-7,9,12H2,(H,16,19)(H,17,18). The van der Waals surface area contributed by atoms with E-state index in [1.54, 1.807) is 0 Å². The lowest BCUT2D eigenvalue weighted by Crippen LogP contribution is -1.93. The van der Waals surface area contributed by atoms with Crippen LogP contribution in [0.4, 0.5) is 0 Å². The van der Waals surface area contributed by atoms with E-state index in [0.29, 0.717) is 6.42 Å². The molecule has 0 aliphatic heterocycles. The van der Waals surface area contributed by atoms with Gasteiger partial charge in [0.25, 0.3) is 0 Å². The highest BCUT2D eigenvalue weighted by molar-refractivity contribution is 7.71. The maximum Gasteiger partial charge on any atom is 0.303 e. The highest BCUT2D eigenvalue weighted by Gasteiger charge is 1.97. The summed E-state index contributed by atoms with van der Waals surface area (Å²) in [5.41, 5.74) is 1.22. The molecule has 1 aromatic heterocycles. The summed E-state index contributed by atoms with van der Waals surface area (Å²) in [4.78, 5) is 13.5. The van der Waals surface area contributed by atoms with Gasteiger partial charge in [0.05, 0.1) is 0 Å². The number of H-pyrrole nitrogens is 1. The highest BCUT2D eigenvalue weighted by Crippen LogP contribution is 2.10. The summed E-state index contributed by atoms with van der Waals surface area (Å²) in [6, 6.07) is 5.98. The van der Waals surface area contributed by atoms with Crippen molar-refractivity contribution in [2.24, 2.45) is 0 Å². The third-order valence-electron chi connectivity index (χ3n) is 3.17. The van der Waals surface area contributed by atoms with Crippen LogP contribution in [-0.2, 0) is 11.2 Å². The van der Waals surface area contributed by atoms with Gasteiger partial charge in [-0.1, -0.05) is 50.4 Å². The van der Waals surface area contributed by atoms with Crippen LogP contribution in [0.25, 0.3) is 0 Å². The zero-order chi connectivity index (χ0) is 13.9. The van der Waals surface area contributed by atoms with Crippen molar-refractivity contribution in [1.29, 1.82) is 0 Å². The second-order valence-corrected chi connectivity index (χ2v) is 5.35. The van der Waals surface area contributed by atoms with Gasteiger partial charge in [-0.05, 0) is 31.4 Å². The number of aryl methyl sites for hydroxylation is 1. The first kappa shape index (κ1) is 15.9. The summed E-state index contributed by atoms with van der Waals surface area (Å²) in [6.45, 7) is 0. The fraction of sp³-hybridized carbons (Fsp3) is 0.600. The number of carbonyl (C=O) groups is 1. The number of aromatic amines is 1. The maximum atomic E-state index is 10.3. The summed E-state index contributed by atoms with van der Waals surface area (Å²) in [5, 5.41) is 8.50. The lowest BCUT2D eigenvalue weighted by Gasteiger charge is -2.02. The first-order chi connectivity index (χ1) is 9.18. The normalized spacial score (nSPS) is 10.5. The monoisotopic (exact) mass is 281 g/mol. The predicted octanol–water partition coefficient (Wildman–Crippen LogP) is 4.49. The number of rotatable bonds is 10. The average molecular weight is 281 g/mol. The van der Waals surface area contributed by atoms with Gasteiger partial charge in [-0.2, -0.15) is 0 Å². The van der Waals surface area contributed by atoms with Crippen LogP contribution in [-0.4, -0.2) is 16.1 Å². The molecule has 0 atom stereocenters. The van der Waals surface area contributed by atoms with E-state index >= 15 is 0 Å². The Morgan fingerprint density at radius 3 is 2.32 bits per heavy atom. The fourth-order valence-electron chi connectivity index (χ4n) is 2.11. The summed E-state index contributed by atoms with van der Waals surface area (Å²) in [6.07, 6.45) is 9.25. The SMILES string of the molecule is O=C(O)CCCCCCCCCc1cccc(=S)[nH]1. The van der Waals surface area contributed by atoms with Crippen LogP contribution in [0.5, 0.6) is 0 Å². The minimum atomic E-state index is -0.680. The van der Waals surface area contributed by atoms with Crippen LogP contribution in [0.15, 0.2) is 18.2 Å². The van der Waals surface area contributed by atoms with Crippen molar-refractivity contribution in [1.82, 2.24) is 4.98 Å². The topological polar surface area (TPSA) is 53.1 Å². The largest absolute Gasteiger partial charge is 0.481 e. The molecular formula is C15H23NO2S. The molecule has 0 unspecified atom stereocenters. The Balaban J connectivity index is 1.94. The second-order valence-electron chi connectivity index (χ2n) is 4.91. The van der Waals surface area contributed by atoms with E-state index in [1.807, 2.05) is 12.1 Å². The smallest absolute Gasteiger partial charge is 0.303 e. The predicted molar refractivity (Wildman–Crippen MR) is 79.9 cm³/mol. The molecule has 0 saturated heterocycles. The molecule has 0 aliphatic carbocycles. The fourth-order valence-corrected chi connectivity index (χ4v) is 2.32. The number of carboxylic acids is 1. The first-order valence-electron chi connectivity index (χ1n) is 7.08. The number of carboxylic acid groups (broad SMARTS) is 1. The van der Waals surface area contributed by atoms with Gasteiger partial charge >= 0.3 is 5.97 Å². The molecule has 0 amide bonds. The van der Waals surface area contributed by atoms with Crippen LogP contribution in [0, 0.1) is 4.64 Å². The Labute approximate surface area is 120 Å². The first-order valence-corrected chi connectivity index (χ1v) is 7.49. The minimum absolute atomic E-state index is 0.313. The van der Waals surface area contributed by atoms with E-state index in [4.69, 9.17) is 17.3 Å². The second kappa shape index (κ2) is 9.73. The minimum Gasteiger partial charge on any atom is -0.481 e. The lowest BCUT2D eigenvalue weighted by atomic mass is 10.1. The molecule has 0 bridgehead atoms. The Bertz CT molecular complexity index is 428. The third kappa shape index (κ3) is 8.54. The van der Waals surface area contributed by atoms with Gasteiger partial charge in [-0.15, -0.1) is 0 Å². The van der Waals surface area contributed by atoms with Gasteiger partial charge in [-0.3, -0.25) is 4.79 Å². The van der Waals surface area contributed by atoms with Crippen molar-refractivity contribution in [2.45, 2.75) is 57.8 Å². The van der Waals surface area contributed by atoms with Crippen LogP contribution < -0.4 is 0 Å². The molecule has 106 valence electrons. The van der Waals surface area contributed by atoms with Crippen LogP contribution in [0.2, 0.25) is 0 Å². The van der Waals surface area contributed by atoms with E-state index < -0.39 is 5.97 Å². The van der Waals surface area contributed by atoms with Crippen molar-refractivity contribution in [3.05, 3.63) is 28.5 Å². The van der Waals surface area contributed by atoms with Gasteiger partial charge < -0.3 is 10.1 Å². The molecule has 4 heteroatoms. The summed E-state index contributed by atoms with van der Waals surface area (Å²) < 4.78 is 0.802. The molecule has 1 aromatic rings. The summed E-state index contributed by atoms with van der Waals surface area (Å²) in [7, 11) is 0. The quantitative estimate of drug-likeness (QED) is 0.490. The van der Waals surface area contributed by atoms with E-state index in [-0.39, 0.29) is 0 Å². The number of aliphatic carboxylic acids is 1. The molecule has 0 aromatic carbocycles. The molecule has 0 spiro atoms. The third-order valence-corrected chi connectivity index (χ3v) is 3.40. The van der Waals surface area contributed by atoms with Gasteiger partial charge in [0.2, 0.25) is 0 Å². The number of nitrogens with one attached hydrogen (secondary N) is 1. The number of aromatic nitrogens is 1. The zero-order valence-corrected chi connectivity index (χ0v) is 12.2. The number of pyridine rings is 1. The molecule has 1 heterocycles. The molecule has 0 radical (unpaired) electrons. The molecule has 1 rings (SSSR count). The molecule has 0 saturated carbocycles. The molecule has 2 N–H and O–H groups in total. The number of hydrogen-bond donors (Lipinski definition) is 2. The molecular weight excluding hydrogens is 258 g/mol.